The average Bonchev–Trinajstić information content (AvgIpc) is 3.24. The first-order valence-corrected chi connectivity index (χ1v) is 11.9. The molecule has 4 rings (SSSR count). The molecule has 1 amide bonds. The number of benzene rings is 1. The molecule has 1 unspecified atom stereocenters. The van der Waals surface area contributed by atoms with Crippen molar-refractivity contribution in [1.82, 2.24) is 14.6 Å². The van der Waals surface area contributed by atoms with Gasteiger partial charge < -0.3 is 4.90 Å². The highest BCUT2D eigenvalue weighted by Gasteiger charge is 2.48. The molecule has 0 radical (unpaired) electrons. The summed E-state index contributed by atoms with van der Waals surface area (Å²) in [6.45, 7) is 0.129. The molecule has 1 saturated carbocycles. The summed E-state index contributed by atoms with van der Waals surface area (Å²) in [7, 11) is -3.79. The molecule has 1 N–H and O–H groups in total. The van der Waals surface area contributed by atoms with Gasteiger partial charge in [-0.3, -0.25) is 9.78 Å². The van der Waals surface area contributed by atoms with Crippen molar-refractivity contribution in [1.29, 1.82) is 0 Å². The summed E-state index contributed by atoms with van der Waals surface area (Å²) in [4.78, 5) is 17.9. The Bertz CT molecular complexity index is 1070. The summed E-state index contributed by atoms with van der Waals surface area (Å²) >= 11 is 0. The number of hydrogen-bond acceptors (Lipinski definition) is 4. The maximum Gasteiger partial charge on any atom is 0.408 e. The molecule has 2 aliphatic rings. The van der Waals surface area contributed by atoms with Gasteiger partial charge in [-0.2, -0.15) is 13.2 Å². The number of alkyl halides is 3. The Hall–Kier alpha value is -2.20. The van der Waals surface area contributed by atoms with Gasteiger partial charge in [0.25, 0.3) is 0 Å². The highest BCUT2D eigenvalue weighted by molar-refractivity contribution is 7.89. The number of sulfonamides is 1. The number of para-hydroxylation sites is 1. The number of amides is 1. The fraction of sp³-hybridized carbons (Fsp3) is 0.524. The van der Waals surface area contributed by atoms with Crippen LogP contribution in [0.15, 0.2) is 41.4 Å². The van der Waals surface area contributed by atoms with Gasteiger partial charge in [-0.25, -0.2) is 13.1 Å². The second-order valence-electron chi connectivity index (χ2n) is 8.26. The summed E-state index contributed by atoms with van der Waals surface area (Å²) in [6, 6.07) is 6.70. The van der Waals surface area contributed by atoms with Gasteiger partial charge >= 0.3 is 6.18 Å². The minimum absolute atomic E-state index is 0.0514. The summed E-state index contributed by atoms with van der Waals surface area (Å²) < 4.78 is 67.7. The van der Waals surface area contributed by atoms with Gasteiger partial charge in [-0.05, 0) is 50.7 Å². The van der Waals surface area contributed by atoms with Crippen LogP contribution in [0.5, 0.6) is 0 Å². The predicted octanol–water partition coefficient (Wildman–Crippen LogP) is 3.63. The van der Waals surface area contributed by atoms with Gasteiger partial charge in [0.05, 0.1) is 5.52 Å². The lowest BCUT2D eigenvalue weighted by Gasteiger charge is -2.33. The standard InChI is InChI=1S/C21H24F3N3O3S/c22-21(23,24)19-6-3-11-27(19)20(28)14-7-9-16(10-8-14)26-31(29,30)17-12-15-4-1-2-5-18(15)25-13-17/h1-2,4-5,12-14,16,19,26H,3,6-11H2/t14-,16-,19?. The number of hydrogen-bond donors (Lipinski definition) is 1. The van der Waals surface area contributed by atoms with E-state index in [4.69, 9.17) is 0 Å². The van der Waals surface area contributed by atoms with Crippen LogP contribution < -0.4 is 4.72 Å². The Balaban J connectivity index is 1.37. The van der Waals surface area contributed by atoms with Crippen molar-refractivity contribution in [3.8, 4) is 0 Å². The molecular weight excluding hydrogens is 431 g/mol. The van der Waals surface area contributed by atoms with Crippen LogP contribution in [0.25, 0.3) is 10.9 Å². The Morgan fingerprint density at radius 2 is 1.81 bits per heavy atom. The molecule has 1 saturated heterocycles. The van der Waals surface area contributed by atoms with Crippen molar-refractivity contribution in [2.75, 3.05) is 6.54 Å². The highest BCUT2D eigenvalue weighted by atomic mass is 32.2. The second kappa shape index (κ2) is 8.38. The zero-order valence-electron chi connectivity index (χ0n) is 16.8. The van der Waals surface area contributed by atoms with Crippen LogP contribution in [-0.4, -0.2) is 49.0 Å². The van der Waals surface area contributed by atoms with Crippen molar-refractivity contribution >= 4 is 26.8 Å². The molecule has 6 nitrogen and oxygen atoms in total. The third-order valence-electron chi connectivity index (χ3n) is 6.19. The number of aromatic nitrogens is 1. The zero-order chi connectivity index (χ0) is 22.2. The van der Waals surface area contributed by atoms with Gasteiger partial charge in [0.15, 0.2) is 0 Å². The minimum Gasteiger partial charge on any atom is -0.330 e. The van der Waals surface area contributed by atoms with Gasteiger partial charge in [-0.1, -0.05) is 18.2 Å². The number of pyridine rings is 1. The molecule has 1 aromatic heterocycles. The first-order chi connectivity index (χ1) is 14.6. The number of halogens is 3. The zero-order valence-corrected chi connectivity index (χ0v) is 17.6. The number of nitrogens with zero attached hydrogens (tertiary/aromatic N) is 2. The number of carbonyl (C=O) groups excluding carboxylic acids is 1. The predicted molar refractivity (Wildman–Crippen MR) is 109 cm³/mol. The largest absolute Gasteiger partial charge is 0.408 e. The average molecular weight is 456 g/mol. The molecule has 31 heavy (non-hydrogen) atoms. The molecule has 0 spiro atoms. The van der Waals surface area contributed by atoms with Crippen LogP contribution >= 0.6 is 0 Å². The molecule has 1 atom stereocenters. The van der Waals surface area contributed by atoms with Gasteiger partial charge in [0, 0.05) is 30.1 Å². The molecule has 1 aliphatic carbocycles. The van der Waals surface area contributed by atoms with Gasteiger partial charge in [0.2, 0.25) is 15.9 Å². The molecular formula is C21H24F3N3O3S. The van der Waals surface area contributed by atoms with Gasteiger partial charge in [0.1, 0.15) is 10.9 Å². The number of rotatable bonds is 4. The Morgan fingerprint density at radius 3 is 2.52 bits per heavy atom. The summed E-state index contributed by atoms with van der Waals surface area (Å²) in [5, 5.41) is 0.713. The number of carbonyl (C=O) groups is 1. The lowest BCUT2D eigenvalue weighted by atomic mass is 9.85. The summed E-state index contributed by atoms with van der Waals surface area (Å²) in [6.07, 6.45) is -1.26. The van der Waals surface area contributed by atoms with E-state index < -0.39 is 34.1 Å². The van der Waals surface area contributed by atoms with E-state index in [1.54, 1.807) is 24.3 Å². The second-order valence-corrected chi connectivity index (χ2v) is 9.98. The fourth-order valence-corrected chi connectivity index (χ4v) is 5.83. The number of nitrogens with one attached hydrogen (secondary N) is 1. The van der Waals surface area contributed by atoms with Crippen LogP contribution in [0.3, 0.4) is 0 Å². The molecule has 1 aromatic carbocycles. The van der Waals surface area contributed by atoms with Crippen LogP contribution in [0.1, 0.15) is 38.5 Å². The smallest absolute Gasteiger partial charge is 0.330 e. The molecule has 168 valence electrons. The van der Waals surface area contributed by atoms with E-state index in [1.165, 1.54) is 6.20 Å². The van der Waals surface area contributed by atoms with E-state index in [2.05, 4.69) is 9.71 Å². The first-order valence-electron chi connectivity index (χ1n) is 10.4. The normalized spacial score (nSPS) is 25.1. The van der Waals surface area contributed by atoms with Crippen molar-refractivity contribution in [2.24, 2.45) is 5.92 Å². The van der Waals surface area contributed by atoms with Crippen LogP contribution in [0.2, 0.25) is 0 Å². The quantitative estimate of drug-likeness (QED) is 0.764. The molecule has 2 aromatic rings. The van der Waals surface area contributed by atoms with E-state index in [0.29, 0.717) is 43.0 Å². The van der Waals surface area contributed by atoms with Crippen molar-refractivity contribution < 1.29 is 26.4 Å². The van der Waals surface area contributed by atoms with Crippen LogP contribution in [0.4, 0.5) is 13.2 Å². The Kier molecular flexibility index (Phi) is 5.95. The maximum atomic E-state index is 13.2. The number of likely N-dealkylation sites (tertiary alicyclic amines) is 1. The van der Waals surface area contributed by atoms with Gasteiger partial charge in [-0.15, -0.1) is 0 Å². The lowest BCUT2D eigenvalue weighted by Crippen LogP contribution is -2.48. The monoisotopic (exact) mass is 455 g/mol. The van der Waals surface area contributed by atoms with Crippen molar-refractivity contribution in [2.45, 2.75) is 61.7 Å². The fourth-order valence-electron chi connectivity index (χ4n) is 4.55. The maximum absolute atomic E-state index is 13.2. The molecule has 0 bridgehead atoms. The van der Waals surface area contributed by atoms with Crippen LogP contribution in [0, 0.1) is 5.92 Å². The Morgan fingerprint density at radius 1 is 1.10 bits per heavy atom. The third kappa shape index (κ3) is 4.69. The first kappa shape index (κ1) is 22.0. The van der Waals surface area contributed by atoms with E-state index in [-0.39, 0.29) is 23.9 Å². The molecule has 2 heterocycles. The highest BCUT2D eigenvalue weighted by Crippen LogP contribution is 2.36. The number of fused-ring (bicyclic) bond motifs is 1. The molecule has 1 aliphatic heterocycles. The van der Waals surface area contributed by atoms with Crippen molar-refractivity contribution in [3.63, 3.8) is 0 Å². The van der Waals surface area contributed by atoms with Crippen LogP contribution in [-0.2, 0) is 14.8 Å². The van der Waals surface area contributed by atoms with E-state index in [0.717, 1.165) is 4.90 Å². The van der Waals surface area contributed by atoms with Crippen molar-refractivity contribution in [3.05, 3.63) is 36.5 Å². The molecule has 2 fully saturated rings. The van der Waals surface area contributed by atoms with E-state index in [1.807, 2.05) is 6.07 Å². The topological polar surface area (TPSA) is 79.4 Å². The summed E-state index contributed by atoms with van der Waals surface area (Å²) in [5.41, 5.74) is 0.694. The van der Waals surface area contributed by atoms with E-state index >= 15 is 0 Å². The lowest BCUT2D eigenvalue weighted by molar-refractivity contribution is -0.184. The SMILES string of the molecule is O=C([C@H]1CC[C@H](NS(=O)(=O)c2cnc3ccccc3c2)CC1)N1CCCC1C(F)(F)F. The third-order valence-corrected chi connectivity index (χ3v) is 7.68. The minimum atomic E-state index is -4.41. The van der Waals surface area contributed by atoms with E-state index in [9.17, 15) is 26.4 Å². The Labute approximate surface area is 178 Å². The molecule has 10 heteroatoms. The summed E-state index contributed by atoms with van der Waals surface area (Å²) in [5.74, 6) is -0.953.